The minimum atomic E-state index is -1.20. The molecule has 0 aliphatic heterocycles. The van der Waals surface area contributed by atoms with E-state index in [0.717, 1.165) is 0 Å². The van der Waals surface area contributed by atoms with Crippen LogP contribution in [0.4, 0.5) is 14.9 Å². The Kier molecular flexibility index (Phi) is 9.00. The number of aryl methyl sites for hydroxylation is 1. The first-order valence-corrected chi connectivity index (χ1v) is 11.8. The summed E-state index contributed by atoms with van der Waals surface area (Å²) in [5.41, 5.74) is 0.678. The van der Waals surface area contributed by atoms with Crippen molar-refractivity contribution < 1.29 is 23.5 Å². The number of anilines is 1. The van der Waals surface area contributed by atoms with Gasteiger partial charge in [-0.1, -0.05) is 6.08 Å². The average molecular weight is 527 g/mol. The van der Waals surface area contributed by atoms with Gasteiger partial charge in [-0.05, 0) is 43.2 Å². The van der Waals surface area contributed by atoms with Crippen LogP contribution in [0.15, 0.2) is 53.5 Å². The molecule has 0 fully saturated rings. The molecule has 3 rings (SSSR count). The number of fused-ring (bicyclic) bond motifs is 1. The minimum absolute atomic E-state index is 0.00783. The van der Waals surface area contributed by atoms with E-state index >= 15 is 0 Å². The summed E-state index contributed by atoms with van der Waals surface area (Å²) in [4.78, 5) is 57.0. The second kappa shape index (κ2) is 12.2. The van der Waals surface area contributed by atoms with Gasteiger partial charge in [0.15, 0.2) is 6.10 Å². The van der Waals surface area contributed by atoms with Gasteiger partial charge in [0.05, 0.1) is 17.6 Å². The highest BCUT2D eigenvalue weighted by molar-refractivity contribution is 5.95. The van der Waals surface area contributed by atoms with Crippen molar-refractivity contribution in [3.8, 4) is 0 Å². The van der Waals surface area contributed by atoms with Gasteiger partial charge in [0.1, 0.15) is 17.3 Å². The molecule has 0 radical (unpaired) electrons. The van der Waals surface area contributed by atoms with Crippen molar-refractivity contribution in [2.24, 2.45) is 7.05 Å². The van der Waals surface area contributed by atoms with E-state index in [2.05, 4.69) is 10.3 Å². The van der Waals surface area contributed by atoms with Gasteiger partial charge < -0.3 is 29.0 Å². The number of rotatable bonds is 9. The lowest BCUT2D eigenvalue weighted by molar-refractivity contribution is -0.125. The number of aromatic nitrogens is 3. The summed E-state index contributed by atoms with van der Waals surface area (Å²) in [6, 6.07) is 7.31. The van der Waals surface area contributed by atoms with Crippen LogP contribution in [-0.4, -0.2) is 76.1 Å². The molecule has 0 aliphatic rings. The number of hydrogen-bond donors (Lipinski definition) is 1. The van der Waals surface area contributed by atoms with Crippen LogP contribution in [0.25, 0.3) is 11.0 Å². The van der Waals surface area contributed by atoms with Crippen molar-refractivity contribution in [3.63, 3.8) is 0 Å². The Hall–Kier alpha value is -4.48. The van der Waals surface area contributed by atoms with Gasteiger partial charge in [0.25, 0.3) is 11.5 Å². The first-order valence-electron chi connectivity index (χ1n) is 11.8. The quantitative estimate of drug-likeness (QED) is 0.428. The molecular weight excluding hydrogens is 495 g/mol. The van der Waals surface area contributed by atoms with Crippen LogP contribution >= 0.6 is 0 Å². The number of halogens is 1. The maximum Gasteiger partial charge on any atom is 0.410 e. The number of hydrogen-bond acceptors (Lipinski definition) is 6. The Balaban J connectivity index is 1.78. The van der Waals surface area contributed by atoms with Crippen molar-refractivity contribution in [2.45, 2.75) is 25.5 Å². The van der Waals surface area contributed by atoms with E-state index < -0.39 is 29.5 Å². The molecule has 0 saturated heterocycles. The van der Waals surface area contributed by atoms with E-state index in [0.29, 0.717) is 16.9 Å². The van der Waals surface area contributed by atoms with Crippen molar-refractivity contribution >= 4 is 34.6 Å². The maximum absolute atomic E-state index is 13.6. The Morgan fingerprint density at radius 2 is 1.89 bits per heavy atom. The van der Waals surface area contributed by atoms with Gasteiger partial charge in [0.2, 0.25) is 5.91 Å². The van der Waals surface area contributed by atoms with E-state index in [1.165, 1.54) is 52.7 Å². The number of ether oxygens (including phenoxy) is 1. The van der Waals surface area contributed by atoms with Gasteiger partial charge in [-0.2, -0.15) is 0 Å². The highest BCUT2D eigenvalue weighted by Gasteiger charge is 2.24. The molecule has 0 aliphatic carbocycles. The normalized spacial score (nSPS) is 11.9. The number of nitrogens with zero attached hydrogens (tertiary/aromatic N) is 5. The maximum atomic E-state index is 13.6. The molecular formula is C26H31FN6O5. The molecule has 0 unspecified atom stereocenters. The molecule has 12 heteroatoms. The molecule has 0 spiro atoms. The summed E-state index contributed by atoms with van der Waals surface area (Å²) in [5.74, 6) is -0.783. The molecule has 11 nitrogen and oxygen atoms in total. The Morgan fingerprint density at radius 3 is 2.58 bits per heavy atom. The van der Waals surface area contributed by atoms with Crippen LogP contribution < -0.4 is 10.9 Å². The molecule has 38 heavy (non-hydrogen) atoms. The van der Waals surface area contributed by atoms with Crippen LogP contribution in [-0.2, 0) is 27.9 Å². The van der Waals surface area contributed by atoms with Gasteiger partial charge in [-0.25, -0.2) is 14.2 Å². The van der Waals surface area contributed by atoms with Crippen LogP contribution in [0.1, 0.15) is 18.7 Å². The minimum Gasteiger partial charge on any atom is -0.436 e. The monoisotopic (exact) mass is 526 g/mol. The summed E-state index contributed by atoms with van der Waals surface area (Å²) in [7, 11) is 7.97. The van der Waals surface area contributed by atoms with E-state index in [-0.39, 0.29) is 31.0 Å². The largest absolute Gasteiger partial charge is 0.436 e. The number of carbonyl (C=O) groups is 3. The fourth-order valence-corrected chi connectivity index (χ4v) is 3.54. The van der Waals surface area contributed by atoms with Crippen LogP contribution in [0.2, 0.25) is 0 Å². The van der Waals surface area contributed by atoms with Gasteiger partial charge in [0, 0.05) is 47.5 Å². The number of carbonyl (C=O) groups excluding carboxylic acids is 3. The summed E-state index contributed by atoms with van der Waals surface area (Å²) < 4.78 is 22.0. The van der Waals surface area contributed by atoms with Gasteiger partial charge in [-0.15, -0.1) is 0 Å². The fourth-order valence-electron chi connectivity index (χ4n) is 3.54. The summed E-state index contributed by atoms with van der Waals surface area (Å²) >= 11 is 0. The molecule has 2 heterocycles. The van der Waals surface area contributed by atoms with Crippen molar-refractivity contribution in [1.82, 2.24) is 23.9 Å². The zero-order valence-corrected chi connectivity index (χ0v) is 22.0. The van der Waals surface area contributed by atoms with Gasteiger partial charge >= 0.3 is 6.09 Å². The lowest BCUT2D eigenvalue weighted by atomic mass is 10.1. The topological polar surface area (TPSA) is 119 Å². The smallest absolute Gasteiger partial charge is 0.410 e. The SMILES string of the molecule is CN(C)C(=O)/C=C/CC[C@H](OC(=O)N(C)C)C(=O)Nc1cccn(Cc2nc3cc(F)ccc3n2C)c1=O. The lowest BCUT2D eigenvalue weighted by Gasteiger charge is -2.19. The van der Waals surface area contributed by atoms with E-state index in [1.807, 2.05) is 0 Å². The predicted octanol–water partition coefficient (Wildman–Crippen LogP) is 2.35. The zero-order chi connectivity index (χ0) is 28.0. The number of likely N-dealkylation sites (N-methyl/N-ethyl adjacent to an activating group) is 1. The highest BCUT2D eigenvalue weighted by Crippen LogP contribution is 2.17. The second-order valence-electron chi connectivity index (χ2n) is 9.04. The Morgan fingerprint density at radius 1 is 1.16 bits per heavy atom. The molecule has 2 aromatic heterocycles. The number of amides is 3. The average Bonchev–Trinajstić information content (AvgIpc) is 3.16. The fraction of sp³-hybridized carbons (Fsp3) is 0.346. The molecule has 0 bridgehead atoms. The molecule has 0 saturated carbocycles. The number of allylic oxidation sites excluding steroid dienone is 1. The molecule has 3 amide bonds. The standard InChI is InChI=1S/C26H31FN6O5/c1-30(2)23(34)11-7-6-10-21(38-26(37)31(3)4)24(35)29-18-9-8-14-33(25(18)36)16-22-28-19-15-17(27)12-13-20(19)32(22)5/h7-9,11-15,21H,6,10,16H2,1-5H3,(H,29,35)/b11-7+/t21-/m0/s1. The third-order valence-electron chi connectivity index (χ3n) is 5.72. The second-order valence-corrected chi connectivity index (χ2v) is 9.04. The van der Waals surface area contributed by atoms with Crippen LogP contribution in [0, 0.1) is 5.82 Å². The van der Waals surface area contributed by atoms with E-state index in [4.69, 9.17) is 4.74 Å². The third-order valence-corrected chi connectivity index (χ3v) is 5.72. The van der Waals surface area contributed by atoms with Crippen molar-refractivity contribution in [1.29, 1.82) is 0 Å². The van der Waals surface area contributed by atoms with E-state index in [1.54, 1.807) is 50.1 Å². The number of benzene rings is 1. The highest BCUT2D eigenvalue weighted by atomic mass is 19.1. The molecule has 1 aromatic carbocycles. The molecule has 3 aromatic rings. The number of nitrogens with one attached hydrogen (secondary N) is 1. The number of pyridine rings is 1. The predicted molar refractivity (Wildman–Crippen MR) is 140 cm³/mol. The lowest BCUT2D eigenvalue weighted by Crippen LogP contribution is -2.37. The van der Waals surface area contributed by atoms with E-state index in [9.17, 15) is 23.6 Å². The first kappa shape index (κ1) is 28.1. The summed E-state index contributed by atoms with van der Waals surface area (Å²) in [6.45, 7) is 0.0824. The van der Waals surface area contributed by atoms with Crippen LogP contribution in [0.5, 0.6) is 0 Å². The summed E-state index contributed by atoms with van der Waals surface area (Å²) in [5, 5.41) is 2.55. The van der Waals surface area contributed by atoms with Crippen molar-refractivity contribution in [3.05, 3.63) is 70.7 Å². The Bertz CT molecular complexity index is 1430. The molecule has 1 atom stereocenters. The zero-order valence-electron chi connectivity index (χ0n) is 22.0. The molecule has 1 N–H and O–H groups in total. The van der Waals surface area contributed by atoms with Gasteiger partial charge in [-0.3, -0.25) is 14.4 Å². The Labute approximate surface area is 219 Å². The molecule has 202 valence electrons. The van der Waals surface area contributed by atoms with Crippen molar-refractivity contribution in [2.75, 3.05) is 33.5 Å². The summed E-state index contributed by atoms with van der Waals surface area (Å²) in [6.07, 6.45) is 2.96. The first-order chi connectivity index (χ1) is 18.0. The third kappa shape index (κ3) is 6.84. The van der Waals surface area contributed by atoms with Crippen LogP contribution in [0.3, 0.4) is 0 Å². The number of imidazole rings is 1.